The molecule has 1 fully saturated rings. The molecule has 0 aromatic heterocycles. The minimum absolute atomic E-state index is 0.263. The molecule has 6 nitrogen and oxygen atoms in total. The highest BCUT2D eigenvalue weighted by atomic mass is 16.7. The Labute approximate surface area is 134 Å². The number of likely N-dealkylation sites (N-methyl/N-ethyl adjacent to an activating group) is 1. The molecule has 1 saturated heterocycles. The molecule has 2 aromatic carbocycles. The topological polar surface area (TPSA) is 93.4 Å². The fourth-order valence-corrected chi connectivity index (χ4v) is 2.94. The number of rotatable bonds is 4. The first-order chi connectivity index (χ1) is 10.9. The van der Waals surface area contributed by atoms with E-state index < -0.39 is 30.7 Å². The van der Waals surface area contributed by atoms with Crippen molar-refractivity contribution < 1.29 is 25.2 Å². The number of aliphatic hydroxyl groups is 4. The molecule has 0 spiro atoms. The van der Waals surface area contributed by atoms with Crippen molar-refractivity contribution in [2.75, 3.05) is 25.1 Å². The van der Waals surface area contributed by atoms with Gasteiger partial charge >= 0.3 is 0 Å². The Bertz CT molecular complexity index is 693. The second-order valence-corrected chi connectivity index (χ2v) is 6.01. The van der Waals surface area contributed by atoms with Gasteiger partial charge < -0.3 is 30.1 Å². The fourth-order valence-electron chi connectivity index (χ4n) is 2.94. The first kappa shape index (κ1) is 16.2. The van der Waals surface area contributed by atoms with Crippen molar-refractivity contribution in [3.63, 3.8) is 0 Å². The number of benzene rings is 2. The highest BCUT2D eigenvalue weighted by Crippen LogP contribution is 2.30. The van der Waals surface area contributed by atoms with Gasteiger partial charge in [0.15, 0.2) is 0 Å². The van der Waals surface area contributed by atoms with Gasteiger partial charge in [-0.25, -0.2) is 0 Å². The number of fused-ring (bicyclic) bond motifs is 1. The molecular formula is C17H21NO5. The zero-order valence-electron chi connectivity index (χ0n) is 12.8. The van der Waals surface area contributed by atoms with Crippen LogP contribution in [0.5, 0.6) is 0 Å². The van der Waals surface area contributed by atoms with Gasteiger partial charge in [0.05, 0.1) is 6.61 Å². The molecule has 124 valence electrons. The van der Waals surface area contributed by atoms with E-state index >= 15 is 0 Å². The van der Waals surface area contributed by atoms with Gasteiger partial charge in [0, 0.05) is 19.3 Å². The van der Waals surface area contributed by atoms with Crippen LogP contribution in [0.15, 0.2) is 42.5 Å². The maximum Gasteiger partial charge on any atom is 0.219 e. The van der Waals surface area contributed by atoms with Crippen LogP contribution >= 0.6 is 0 Å². The quantitative estimate of drug-likeness (QED) is 0.638. The number of nitrogens with zero attached hydrogens (tertiary/aromatic N) is 1. The molecular weight excluding hydrogens is 298 g/mol. The van der Waals surface area contributed by atoms with E-state index in [0.717, 1.165) is 16.5 Å². The summed E-state index contributed by atoms with van der Waals surface area (Å²) in [6, 6.07) is 14.0. The number of ether oxygens (including phenoxy) is 1. The molecule has 1 unspecified atom stereocenters. The average Bonchev–Trinajstić information content (AvgIpc) is 2.79. The summed E-state index contributed by atoms with van der Waals surface area (Å²) < 4.78 is 5.27. The molecule has 4 atom stereocenters. The molecule has 0 bridgehead atoms. The van der Waals surface area contributed by atoms with Crippen molar-refractivity contribution >= 4 is 16.5 Å². The van der Waals surface area contributed by atoms with Gasteiger partial charge in [-0.15, -0.1) is 0 Å². The first-order valence-corrected chi connectivity index (χ1v) is 7.52. The maximum absolute atomic E-state index is 10.0. The number of aliphatic hydroxyl groups excluding tert-OH is 3. The number of hydrogen-bond donors (Lipinski definition) is 4. The van der Waals surface area contributed by atoms with Crippen molar-refractivity contribution in [2.45, 2.75) is 24.1 Å². The van der Waals surface area contributed by atoms with Crippen molar-refractivity contribution in [1.82, 2.24) is 0 Å². The SMILES string of the molecule is CN(C[C@H]1OC(O)(CO)[C@@H](O)[C@H]1O)c1ccc2ccccc2c1. The van der Waals surface area contributed by atoms with Crippen LogP contribution in [0.2, 0.25) is 0 Å². The average molecular weight is 319 g/mol. The minimum atomic E-state index is -2.12. The molecule has 3 rings (SSSR count). The Hall–Kier alpha value is -1.70. The van der Waals surface area contributed by atoms with Crippen LogP contribution < -0.4 is 4.90 Å². The van der Waals surface area contributed by atoms with E-state index in [1.165, 1.54) is 0 Å². The zero-order chi connectivity index (χ0) is 16.6. The Kier molecular flexibility index (Phi) is 4.27. The lowest BCUT2D eigenvalue weighted by molar-refractivity contribution is -0.244. The van der Waals surface area contributed by atoms with Crippen LogP contribution in [0.25, 0.3) is 10.8 Å². The lowest BCUT2D eigenvalue weighted by atomic mass is 10.1. The van der Waals surface area contributed by atoms with E-state index in [0.29, 0.717) is 0 Å². The van der Waals surface area contributed by atoms with Gasteiger partial charge in [0.1, 0.15) is 18.3 Å². The van der Waals surface area contributed by atoms with Gasteiger partial charge in [0.25, 0.3) is 0 Å². The summed E-state index contributed by atoms with van der Waals surface area (Å²) in [5.41, 5.74) is 0.924. The molecule has 6 heteroatoms. The molecule has 0 saturated carbocycles. The Morgan fingerprint density at radius 2 is 1.83 bits per heavy atom. The third kappa shape index (κ3) is 2.91. The predicted octanol–water partition coefficient (Wildman–Crippen LogP) is 0.0775. The smallest absolute Gasteiger partial charge is 0.219 e. The minimum Gasteiger partial charge on any atom is -0.391 e. The van der Waals surface area contributed by atoms with Crippen molar-refractivity contribution in [3.05, 3.63) is 42.5 Å². The van der Waals surface area contributed by atoms with Crippen molar-refractivity contribution in [1.29, 1.82) is 0 Å². The molecule has 2 aromatic rings. The molecule has 0 radical (unpaired) electrons. The summed E-state index contributed by atoms with van der Waals surface area (Å²) in [5.74, 6) is -2.12. The Balaban J connectivity index is 1.77. The lowest BCUT2D eigenvalue weighted by Crippen LogP contribution is -2.46. The molecule has 23 heavy (non-hydrogen) atoms. The summed E-state index contributed by atoms with van der Waals surface area (Å²) in [5, 5.41) is 41.1. The van der Waals surface area contributed by atoms with E-state index in [1.807, 2.05) is 54.4 Å². The second-order valence-electron chi connectivity index (χ2n) is 6.01. The Morgan fingerprint density at radius 1 is 1.13 bits per heavy atom. The Morgan fingerprint density at radius 3 is 2.48 bits per heavy atom. The molecule has 0 amide bonds. The van der Waals surface area contributed by atoms with Gasteiger partial charge in [-0.05, 0) is 22.9 Å². The van der Waals surface area contributed by atoms with E-state index in [9.17, 15) is 15.3 Å². The molecule has 1 heterocycles. The van der Waals surface area contributed by atoms with Crippen LogP contribution in [-0.2, 0) is 4.74 Å². The fraction of sp³-hybridized carbons (Fsp3) is 0.412. The van der Waals surface area contributed by atoms with Crippen molar-refractivity contribution in [2.24, 2.45) is 0 Å². The third-order valence-corrected chi connectivity index (χ3v) is 4.38. The third-order valence-electron chi connectivity index (χ3n) is 4.38. The summed E-state index contributed by atoms with van der Waals surface area (Å²) in [6.07, 6.45) is -3.61. The normalized spacial score (nSPS) is 30.7. The largest absolute Gasteiger partial charge is 0.391 e. The summed E-state index contributed by atoms with van der Waals surface area (Å²) >= 11 is 0. The first-order valence-electron chi connectivity index (χ1n) is 7.52. The predicted molar refractivity (Wildman–Crippen MR) is 86.1 cm³/mol. The van der Waals surface area contributed by atoms with Gasteiger partial charge in [-0.2, -0.15) is 0 Å². The number of hydrogen-bond acceptors (Lipinski definition) is 6. The van der Waals surface area contributed by atoms with E-state index in [-0.39, 0.29) is 6.54 Å². The summed E-state index contributed by atoms with van der Waals surface area (Å²) in [4.78, 5) is 1.87. The highest BCUT2D eigenvalue weighted by Gasteiger charge is 2.53. The van der Waals surface area contributed by atoms with Crippen LogP contribution in [0.3, 0.4) is 0 Å². The standard InChI is InChI=1S/C17H21NO5/c1-18(9-14-15(20)16(21)17(22,10-19)23-14)13-7-6-11-4-2-3-5-12(11)8-13/h2-8,14-16,19-22H,9-10H2,1H3/t14-,15+,16+,17?/m1/s1. The maximum atomic E-state index is 10.0. The molecule has 4 N–H and O–H groups in total. The van der Waals surface area contributed by atoms with E-state index in [1.54, 1.807) is 0 Å². The van der Waals surface area contributed by atoms with Crippen molar-refractivity contribution in [3.8, 4) is 0 Å². The number of anilines is 1. The van der Waals surface area contributed by atoms with E-state index in [2.05, 4.69) is 0 Å². The zero-order valence-corrected chi connectivity index (χ0v) is 12.8. The van der Waals surface area contributed by atoms with E-state index in [4.69, 9.17) is 9.84 Å². The second kappa shape index (κ2) is 6.07. The highest BCUT2D eigenvalue weighted by molar-refractivity contribution is 5.85. The van der Waals surface area contributed by atoms with Gasteiger partial charge in [-0.3, -0.25) is 0 Å². The van der Waals surface area contributed by atoms with Crippen LogP contribution in [0, 0.1) is 0 Å². The monoisotopic (exact) mass is 319 g/mol. The van der Waals surface area contributed by atoms with Gasteiger partial charge in [-0.1, -0.05) is 30.3 Å². The molecule has 1 aliphatic rings. The lowest BCUT2D eigenvalue weighted by Gasteiger charge is -2.26. The summed E-state index contributed by atoms with van der Waals surface area (Å²) in [6.45, 7) is -0.514. The molecule has 1 aliphatic heterocycles. The van der Waals surface area contributed by atoms with Crippen LogP contribution in [-0.4, -0.2) is 64.7 Å². The molecule has 0 aliphatic carbocycles. The van der Waals surface area contributed by atoms with Crippen LogP contribution in [0.4, 0.5) is 5.69 Å². The van der Waals surface area contributed by atoms with Gasteiger partial charge in [0.2, 0.25) is 5.79 Å². The summed E-state index contributed by atoms with van der Waals surface area (Å²) in [7, 11) is 1.84. The van der Waals surface area contributed by atoms with Crippen LogP contribution in [0.1, 0.15) is 0 Å².